The summed E-state index contributed by atoms with van der Waals surface area (Å²) in [7, 11) is 0. The number of piperidine rings is 1. The lowest BCUT2D eigenvalue weighted by molar-refractivity contribution is -0.385. The van der Waals surface area contributed by atoms with Crippen LogP contribution in [0.1, 0.15) is 36.8 Å². The van der Waals surface area contributed by atoms with Crippen LogP contribution in [0.5, 0.6) is 0 Å². The van der Waals surface area contributed by atoms with E-state index in [1.54, 1.807) is 12.1 Å². The van der Waals surface area contributed by atoms with Crippen molar-refractivity contribution >= 4 is 5.69 Å². The minimum Gasteiger partial charge on any atom is -0.330 e. The largest absolute Gasteiger partial charge is 0.330 e. The maximum absolute atomic E-state index is 11.0. The van der Waals surface area contributed by atoms with Crippen LogP contribution < -0.4 is 5.73 Å². The van der Waals surface area contributed by atoms with Gasteiger partial charge in [0.2, 0.25) is 0 Å². The van der Waals surface area contributed by atoms with Gasteiger partial charge in [0.25, 0.3) is 5.69 Å². The minimum atomic E-state index is -0.299. The van der Waals surface area contributed by atoms with Gasteiger partial charge in [0, 0.05) is 24.2 Å². The first-order valence-corrected chi connectivity index (χ1v) is 7.30. The Hall–Kier alpha value is -1.46. The zero-order chi connectivity index (χ0) is 14.5. The topological polar surface area (TPSA) is 72.4 Å². The van der Waals surface area contributed by atoms with E-state index in [1.807, 2.05) is 13.0 Å². The second-order valence-electron chi connectivity index (χ2n) is 5.52. The molecule has 0 bridgehead atoms. The molecule has 1 aromatic carbocycles. The molecule has 20 heavy (non-hydrogen) atoms. The zero-order valence-corrected chi connectivity index (χ0v) is 12.0. The molecule has 0 saturated carbocycles. The van der Waals surface area contributed by atoms with Crippen LogP contribution in [0, 0.1) is 17.0 Å². The van der Waals surface area contributed by atoms with Crippen LogP contribution in [-0.2, 0) is 6.54 Å². The van der Waals surface area contributed by atoms with Gasteiger partial charge >= 0.3 is 0 Å². The first-order chi connectivity index (χ1) is 9.63. The van der Waals surface area contributed by atoms with Crippen molar-refractivity contribution in [2.45, 2.75) is 45.2 Å². The van der Waals surface area contributed by atoms with Crippen LogP contribution in [-0.4, -0.2) is 29.0 Å². The number of rotatable bonds is 5. The van der Waals surface area contributed by atoms with E-state index in [0.717, 1.165) is 30.6 Å². The van der Waals surface area contributed by atoms with Gasteiger partial charge in [-0.1, -0.05) is 18.6 Å². The molecule has 0 aliphatic carbocycles. The molecule has 0 spiro atoms. The Kier molecular flexibility index (Phi) is 5.09. The zero-order valence-electron chi connectivity index (χ0n) is 12.0. The van der Waals surface area contributed by atoms with Gasteiger partial charge in [0.1, 0.15) is 0 Å². The van der Waals surface area contributed by atoms with Crippen molar-refractivity contribution in [3.8, 4) is 0 Å². The highest BCUT2D eigenvalue weighted by atomic mass is 16.6. The third-order valence-electron chi connectivity index (χ3n) is 4.24. The molecule has 5 heteroatoms. The number of nitro groups is 1. The van der Waals surface area contributed by atoms with Crippen LogP contribution in [0.15, 0.2) is 18.2 Å². The Labute approximate surface area is 119 Å². The molecule has 0 amide bonds. The number of likely N-dealkylation sites (tertiary alicyclic amines) is 1. The molecular formula is C15H23N3O2. The molecule has 0 aromatic heterocycles. The highest BCUT2D eigenvalue weighted by Crippen LogP contribution is 2.26. The summed E-state index contributed by atoms with van der Waals surface area (Å²) in [6.07, 6.45) is 4.66. The fourth-order valence-electron chi connectivity index (χ4n) is 3.05. The molecule has 1 aliphatic heterocycles. The van der Waals surface area contributed by atoms with Crippen molar-refractivity contribution in [2.24, 2.45) is 5.73 Å². The molecule has 1 unspecified atom stereocenters. The van der Waals surface area contributed by atoms with Gasteiger partial charge in [0.15, 0.2) is 0 Å². The molecule has 2 rings (SSSR count). The molecular weight excluding hydrogens is 254 g/mol. The van der Waals surface area contributed by atoms with E-state index in [1.165, 1.54) is 19.3 Å². The maximum atomic E-state index is 11.0. The second kappa shape index (κ2) is 6.81. The Morgan fingerprint density at radius 2 is 2.25 bits per heavy atom. The summed E-state index contributed by atoms with van der Waals surface area (Å²) in [5.74, 6) is 0. The first-order valence-electron chi connectivity index (χ1n) is 7.30. The highest BCUT2D eigenvalue weighted by molar-refractivity contribution is 5.44. The molecule has 0 radical (unpaired) electrons. The minimum absolute atomic E-state index is 0.217. The van der Waals surface area contributed by atoms with Gasteiger partial charge in [-0.3, -0.25) is 15.0 Å². The van der Waals surface area contributed by atoms with Gasteiger partial charge < -0.3 is 5.73 Å². The number of nitrogens with zero attached hydrogens (tertiary/aromatic N) is 2. The van der Waals surface area contributed by atoms with E-state index >= 15 is 0 Å². The predicted molar refractivity (Wildman–Crippen MR) is 79.6 cm³/mol. The number of hydrogen-bond donors (Lipinski definition) is 1. The van der Waals surface area contributed by atoms with Crippen LogP contribution in [0.3, 0.4) is 0 Å². The first kappa shape index (κ1) is 14.9. The normalized spacial score (nSPS) is 20.0. The summed E-state index contributed by atoms with van der Waals surface area (Å²) in [6, 6.07) is 5.87. The van der Waals surface area contributed by atoms with Crippen molar-refractivity contribution < 1.29 is 4.92 Å². The Bertz CT molecular complexity index is 474. The fourth-order valence-corrected chi connectivity index (χ4v) is 3.05. The molecule has 1 saturated heterocycles. The van der Waals surface area contributed by atoms with Gasteiger partial charge in [-0.25, -0.2) is 0 Å². The summed E-state index contributed by atoms with van der Waals surface area (Å²) in [5.41, 5.74) is 7.76. The van der Waals surface area contributed by atoms with Crippen molar-refractivity contribution in [1.82, 2.24) is 4.90 Å². The fraction of sp³-hybridized carbons (Fsp3) is 0.600. The lowest BCUT2D eigenvalue weighted by Gasteiger charge is -2.36. The third kappa shape index (κ3) is 3.35. The molecule has 1 fully saturated rings. The number of benzene rings is 1. The van der Waals surface area contributed by atoms with Crippen LogP contribution >= 0.6 is 0 Å². The van der Waals surface area contributed by atoms with E-state index in [2.05, 4.69) is 4.90 Å². The average Bonchev–Trinajstić information content (AvgIpc) is 2.43. The van der Waals surface area contributed by atoms with Crippen LogP contribution in [0.4, 0.5) is 5.69 Å². The summed E-state index contributed by atoms with van der Waals surface area (Å²) >= 11 is 0. The SMILES string of the molecule is Cc1c(CN2CCCCC2CCN)cccc1[N+](=O)[O-]. The van der Waals surface area contributed by atoms with E-state index in [4.69, 9.17) is 5.73 Å². The molecule has 1 aromatic rings. The van der Waals surface area contributed by atoms with Gasteiger partial charge in [-0.05, 0) is 44.8 Å². The number of nitrogens with two attached hydrogens (primary N) is 1. The van der Waals surface area contributed by atoms with E-state index < -0.39 is 0 Å². The van der Waals surface area contributed by atoms with Crippen LogP contribution in [0.2, 0.25) is 0 Å². The van der Waals surface area contributed by atoms with Gasteiger partial charge in [-0.2, -0.15) is 0 Å². The lowest BCUT2D eigenvalue weighted by atomic mass is 9.97. The van der Waals surface area contributed by atoms with E-state index in [0.29, 0.717) is 12.6 Å². The number of nitro benzene ring substituents is 1. The lowest BCUT2D eigenvalue weighted by Crippen LogP contribution is -2.40. The quantitative estimate of drug-likeness (QED) is 0.663. The molecule has 1 heterocycles. The summed E-state index contributed by atoms with van der Waals surface area (Å²) in [4.78, 5) is 13.1. The van der Waals surface area contributed by atoms with Crippen LogP contribution in [0.25, 0.3) is 0 Å². The summed E-state index contributed by atoms with van der Waals surface area (Å²) < 4.78 is 0. The van der Waals surface area contributed by atoms with Gasteiger partial charge in [-0.15, -0.1) is 0 Å². The monoisotopic (exact) mass is 277 g/mol. The van der Waals surface area contributed by atoms with E-state index in [9.17, 15) is 10.1 Å². The summed E-state index contributed by atoms with van der Waals surface area (Å²) in [5, 5.41) is 11.0. The third-order valence-corrected chi connectivity index (χ3v) is 4.24. The molecule has 110 valence electrons. The summed E-state index contributed by atoms with van der Waals surface area (Å²) in [6.45, 7) is 4.40. The Morgan fingerprint density at radius 3 is 2.95 bits per heavy atom. The second-order valence-corrected chi connectivity index (χ2v) is 5.52. The highest BCUT2D eigenvalue weighted by Gasteiger charge is 2.23. The van der Waals surface area contributed by atoms with Crippen molar-refractivity contribution in [3.63, 3.8) is 0 Å². The molecule has 5 nitrogen and oxygen atoms in total. The smallest absolute Gasteiger partial charge is 0.272 e. The van der Waals surface area contributed by atoms with Crippen molar-refractivity contribution in [2.75, 3.05) is 13.1 Å². The Balaban J connectivity index is 2.16. The van der Waals surface area contributed by atoms with E-state index in [-0.39, 0.29) is 10.6 Å². The van der Waals surface area contributed by atoms with Gasteiger partial charge in [0.05, 0.1) is 4.92 Å². The predicted octanol–water partition coefficient (Wildman–Crippen LogP) is 2.61. The maximum Gasteiger partial charge on any atom is 0.272 e. The standard InChI is InChI=1S/C15H23N3O2/c1-12-13(5-4-7-15(12)18(19)20)11-17-10-3-2-6-14(17)8-9-16/h4-5,7,14H,2-3,6,8-11,16H2,1H3. The molecule has 1 aliphatic rings. The Morgan fingerprint density at radius 1 is 1.45 bits per heavy atom. The molecule has 1 atom stereocenters. The average molecular weight is 277 g/mol. The van der Waals surface area contributed by atoms with Crippen molar-refractivity contribution in [3.05, 3.63) is 39.4 Å². The van der Waals surface area contributed by atoms with Crippen molar-refractivity contribution in [1.29, 1.82) is 0 Å². The number of hydrogen-bond acceptors (Lipinski definition) is 4. The molecule has 2 N–H and O–H groups in total.